The number of hydrogen-bond acceptors (Lipinski definition) is 4. The minimum atomic E-state index is -0.258. The van der Waals surface area contributed by atoms with Gasteiger partial charge in [0.2, 0.25) is 0 Å². The molecule has 0 aliphatic heterocycles. The largest absolute Gasteiger partial charge is 0.493 e. The Hall–Kier alpha value is -3.54. The summed E-state index contributed by atoms with van der Waals surface area (Å²) in [4.78, 5) is 17.2. The van der Waals surface area contributed by atoms with Crippen molar-refractivity contribution in [3.05, 3.63) is 83.6 Å². The van der Waals surface area contributed by atoms with Gasteiger partial charge in [0.15, 0.2) is 5.76 Å². The van der Waals surface area contributed by atoms with Crippen LogP contribution >= 0.6 is 0 Å². The van der Waals surface area contributed by atoms with E-state index in [0.29, 0.717) is 12.4 Å². The van der Waals surface area contributed by atoms with Crippen molar-refractivity contribution in [2.75, 3.05) is 6.61 Å². The van der Waals surface area contributed by atoms with Crippen molar-refractivity contribution < 1.29 is 13.9 Å². The van der Waals surface area contributed by atoms with Crippen molar-refractivity contribution in [1.82, 2.24) is 14.9 Å². The van der Waals surface area contributed by atoms with E-state index in [1.807, 2.05) is 31.2 Å². The first-order valence-electron chi connectivity index (χ1n) is 11.0. The number of unbranched alkanes of at least 4 members (excludes halogenated alkanes) is 1. The third kappa shape index (κ3) is 4.85. The summed E-state index contributed by atoms with van der Waals surface area (Å²) < 4.78 is 13.4. The normalized spacial score (nSPS) is 12.1. The molecule has 6 nitrogen and oxygen atoms in total. The first-order chi connectivity index (χ1) is 15.5. The Bertz CT molecular complexity index is 1190. The van der Waals surface area contributed by atoms with E-state index >= 15 is 0 Å². The molecule has 0 radical (unpaired) electrons. The predicted molar refractivity (Wildman–Crippen MR) is 125 cm³/mol. The van der Waals surface area contributed by atoms with Gasteiger partial charge in [-0.3, -0.25) is 4.79 Å². The maximum Gasteiger partial charge on any atom is 0.287 e. The summed E-state index contributed by atoms with van der Waals surface area (Å²) in [6.45, 7) is 7.57. The molecule has 0 saturated carbocycles. The highest BCUT2D eigenvalue weighted by Gasteiger charge is 2.20. The second-order valence-electron chi connectivity index (χ2n) is 8.11. The third-order valence-electron chi connectivity index (χ3n) is 5.53. The van der Waals surface area contributed by atoms with E-state index in [4.69, 9.17) is 14.1 Å². The Labute approximate surface area is 188 Å². The molecule has 1 N–H and O–H groups in total. The Morgan fingerprint density at radius 3 is 2.75 bits per heavy atom. The number of furan rings is 1. The molecule has 4 aromatic rings. The Morgan fingerprint density at radius 1 is 1.12 bits per heavy atom. The van der Waals surface area contributed by atoms with E-state index in [9.17, 15) is 4.79 Å². The lowest BCUT2D eigenvalue weighted by atomic mass is 10.1. The number of aryl methyl sites for hydroxylation is 3. The van der Waals surface area contributed by atoms with Crippen molar-refractivity contribution >= 4 is 16.9 Å². The van der Waals surface area contributed by atoms with Gasteiger partial charge < -0.3 is 19.0 Å². The number of carbonyl (C=O) groups excluding carboxylic acids is 1. The molecule has 2 heterocycles. The SMILES string of the molecule is Cc1ccc(OCCCCn2c([C@@H](C)NC(=O)c3ccco3)nc3ccccc32)c(C)c1. The van der Waals surface area contributed by atoms with Crippen molar-refractivity contribution in [1.29, 1.82) is 0 Å². The molecule has 0 bridgehead atoms. The van der Waals surface area contributed by atoms with Crippen LogP contribution in [0.25, 0.3) is 11.0 Å². The van der Waals surface area contributed by atoms with Gasteiger partial charge in [0.1, 0.15) is 11.6 Å². The Kier molecular flexibility index (Phi) is 6.59. The van der Waals surface area contributed by atoms with Gasteiger partial charge in [0.25, 0.3) is 5.91 Å². The van der Waals surface area contributed by atoms with Crippen LogP contribution in [0.15, 0.2) is 65.3 Å². The van der Waals surface area contributed by atoms with E-state index in [2.05, 4.69) is 41.9 Å². The smallest absolute Gasteiger partial charge is 0.287 e. The summed E-state index contributed by atoms with van der Waals surface area (Å²) >= 11 is 0. The van der Waals surface area contributed by atoms with Gasteiger partial charge >= 0.3 is 0 Å². The summed E-state index contributed by atoms with van der Waals surface area (Å²) in [6, 6.07) is 17.4. The molecule has 6 heteroatoms. The first kappa shape index (κ1) is 21.7. The molecule has 2 aromatic heterocycles. The maximum atomic E-state index is 12.4. The lowest BCUT2D eigenvalue weighted by Gasteiger charge is -2.16. The molecule has 0 aliphatic carbocycles. The Morgan fingerprint density at radius 2 is 1.97 bits per heavy atom. The number of amides is 1. The average Bonchev–Trinajstić information content (AvgIpc) is 3.43. The van der Waals surface area contributed by atoms with Crippen LogP contribution in [0.5, 0.6) is 5.75 Å². The van der Waals surface area contributed by atoms with Crippen LogP contribution in [0.1, 0.15) is 53.3 Å². The van der Waals surface area contributed by atoms with Crippen LogP contribution < -0.4 is 10.1 Å². The molecule has 166 valence electrons. The molecule has 1 amide bonds. The fourth-order valence-corrected chi connectivity index (χ4v) is 3.92. The minimum Gasteiger partial charge on any atom is -0.493 e. The molecule has 4 rings (SSSR count). The molecule has 32 heavy (non-hydrogen) atoms. The standard InChI is InChI=1S/C26H29N3O3/c1-18-12-13-23(19(2)17-18)31-15-7-6-14-29-22-10-5-4-9-21(22)28-25(29)20(3)27-26(30)24-11-8-16-32-24/h4-5,8-13,16-17,20H,6-7,14-15H2,1-3H3,(H,27,30)/t20-/m1/s1. The van der Waals surface area contributed by atoms with Crippen LogP contribution in [0.4, 0.5) is 0 Å². The zero-order chi connectivity index (χ0) is 22.5. The molecule has 0 spiro atoms. The maximum absolute atomic E-state index is 12.4. The molecule has 2 aromatic carbocycles. The number of hydrogen-bond donors (Lipinski definition) is 1. The van der Waals surface area contributed by atoms with E-state index < -0.39 is 0 Å². The summed E-state index contributed by atoms with van der Waals surface area (Å²) in [5.41, 5.74) is 4.39. The van der Waals surface area contributed by atoms with E-state index in [1.54, 1.807) is 12.1 Å². The van der Waals surface area contributed by atoms with E-state index in [-0.39, 0.29) is 11.9 Å². The van der Waals surface area contributed by atoms with Crippen LogP contribution in [-0.2, 0) is 6.54 Å². The number of nitrogens with zero attached hydrogens (tertiary/aromatic N) is 2. The average molecular weight is 432 g/mol. The van der Waals surface area contributed by atoms with Crippen LogP contribution in [0, 0.1) is 13.8 Å². The predicted octanol–water partition coefficient (Wildman–Crippen LogP) is 5.60. The van der Waals surface area contributed by atoms with Gasteiger partial charge in [0.05, 0.1) is 29.9 Å². The highest BCUT2D eigenvalue weighted by Crippen LogP contribution is 2.23. The van der Waals surface area contributed by atoms with Crippen molar-refractivity contribution in [3.8, 4) is 5.75 Å². The number of ether oxygens (including phenoxy) is 1. The molecular formula is C26H29N3O3. The number of rotatable bonds is 9. The lowest BCUT2D eigenvalue weighted by Crippen LogP contribution is -2.28. The molecule has 0 aliphatic rings. The molecule has 0 unspecified atom stereocenters. The molecule has 1 atom stereocenters. The fraction of sp³-hybridized carbons (Fsp3) is 0.308. The van der Waals surface area contributed by atoms with E-state index in [0.717, 1.165) is 47.6 Å². The Balaban J connectivity index is 1.41. The number of imidazole rings is 1. The quantitative estimate of drug-likeness (QED) is 0.350. The molecule has 0 saturated heterocycles. The van der Waals surface area contributed by atoms with E-state index in [1.165, 1.54) is 11.8 Å². The number of aromatic nitrogens is 2. The minimum absolute atomic E-state index is 0.247. The summed E-state index contributed by atoms with van der Waals surface area (Å²) in [7, 11) is 0. The van der Waals surface area contributed by atoms with Crippen molar-refractivity contribution in [3.63, 3.8) is 0 Å². The zero-order valence-corrected chi connectivity index (χ0v) is 18.8. The fourth-order valence-electron chi connectivity index (χ4n) is 3.92. The van der Waals surface area contributed by atoms with Crippen molar-refractivity contribution in [2.45, 2.75) is 46.2 Å². The second-order valence-corrected chi connectivity index (χ2v) is 8.11. The van der Waals surface area contributed by atoms with Gasteiger partial charge in [-0.1, -0.05) is 29.8 Å². The van der Waals surface area contributed by atoms with Gasteiger partial charge in [-0.25, -0.2) is 4.98 Å². The topological polar surface area (TPSA) is 69.3 Å². The van der Waals surface area contributed by atoms with Gasteiger partial charge in [-0.2, -0.15) is 0 Å². The summed E-state index contributed by atoms with van der Waals surface area (Å²) in [5.74, 6) is 1.83. The monoisotopic (exact) mass is 431 g/mol. The summed E-state index contributed by atoms with van der Waals surface area (Å²) in [6.07, 6.45) is 3.36. The van der Waals surface area contributed by atoms with Crippen LogP contribution in [0.2, 0.25) is 0 Å². The summed E-state index contributed by atoms with van der Waals surface area (Å²) in [5, 5.41) is 2.99. The lowest BCUT2D eigenvalue weighted by molar-refractivity contribution is 0.0909. The van der Waals surface area contributed by atoms with Crippen LogP contribution in [0.3, 0.4) is 0 Å². The zero-order valence-electron chi connectivity index (χ0n) is 18.8. The number of para-hydroxylation sites is 2. The van der Waals surface area contributed by atoms with Gasteiger partial charge in [0, 0.05) is 6.54 Å². The number of benzene rings is 2. The second kappa shape index (κ2) is 9.73. The number of fused-ring (bicyclic) bond motifs is 1. The highest BCUT2D eigenvalue weighted by molar-refractivity contribution is 5.91. The first-order valence-corrected chi connectivity index (χ1v) is 11.0. The molecular weight excluding hydrogens is 402 g/mol. The third-order valence-corrected chi connectivity index (χ3v) is 5.53. The van der Waals surface area contributed by atoms with Crippen LogP contribution in [-0.4, -0.2) is 22.1 Å². The molecule has 0 fully saturated rings. The van der Waals surface area contributed by atoms with Crippen molar-refractivity contribution in [2.24, 2.45) is 0 Å². The van der Waals surface area contributed by atoms with Gasteiger partial charge in [-0.05, 0) is 69.5 Å². The van der Waals surface area contributed by atoms with Gasteiger partial charge in [-0.15, -0.1) is 0 Å². The number of carbonyl (C=O) groups is 1. The highest BCUT2D eigenvalue weighted by atomic mass is 16.5. The number of nitrogens with one attached hydrogen (secondary N) is 1.